The van der Waals surface area contributed by atoms with Crippen molar-refractivity contribution in [2.45, 2.75) is 13.3 Å². The van der Waals surface area contributed by atoms with E-state index in [2.05, 4.69) is 38.1 Å². The Kier molecular flexibility index (Phi) is 3.37. The van der Waals surface area contributed by atoms with Crippen molar-refractivity contribution in [3.63, 3.8) is 0 Å². The number of nitrogens with one attached hydrogen (secondary N) is 1. The summed E-state index contributed by atoms with van der Waals surface area (Å²) >= 11 is 1.24. The lowest BCUT2D eigenvalue weighted by molar-refractivity contribution is 0.974. The normalized spacial score (nSPS) is 10.8. The zero-order valence-corrected chi connectivity index (χ0v) is 11.4. The molecule has 0 spiro atoms. The lowest BCUT2D eigenvalue weighted by Gasteiger charge is -2.06. The molecule has 0 aliphatic heterocycles. The molecule has 0 amide bonds. The molecule has 1 aromatic carbocycles. The number of nitrogens with zero attached hydrogens (tertiary/aromatic N) is 3. The summed E-state index contributed by atoms with van der Waals surface area (Å²) in [6.45, 7) is 3.04. The van der Waals surface area contributed by atoms with Crippen molar-refractivity contribution in [1.29, 1.82) is 0 Å². The first-order valence-electron chi connectivity index (χ1n) is 6.29. The van der Waals surface area contributed by atoms with Gasteiger partial charge < -0.3 is 5.32 Å². The van der Waals surface area contributed by atoms with Gasteiger partial charge in [0.1, 0.15) is 5.69 Å². The fourth-order valence-electron chi connectivity index (χ4n) is 2.04. The smallest absolute Gasteiger partial charge is 0.168 e. The summed E-state index contributed by atoms with van der Waals surface area (Å²) in [7, 11) is 0. The molecule has 0 fully saturated rings. The van der Waals surface area contributed by atoms with Crippen LogP contribution in [-0.2, 0) is 0 Å². The summed E-state index contributed by atoms with van der Waals surface area (Å²) in [6.07, 6.45) is 4.75. The summed E-state index contributed by atoms with van der Waals surface area (Å²) < 4.78 is 8.77. The maximum atomic E-state index is 4.43. The highest BCUT2D eigenvalue weighted by atomic mass is 32.1. The van der Waals surface area contributed by atoms with E-state index in [0.29, 0.717) is 0 Å². The number of hydrogen-bond donors (Lipinski definition) is 1. The Morgan fingerprint density at radius 3 is 3.05 bits per heavy atom. The summed E-state index contributed by atoms with van der Waals surface area (Å²) in [4.78, 5) is 4.21. The second-order valence-electron chi connectivity index (χ2n) is 4.29. The first-order chi connectivity index (χ1) is 9.40. The van der Waals surface area contributed by atoms with Crippen LogP contribution >= 0.6 is 11.7 Å². The summed E-state index contributed by atoms with van der Waals surface area (Å²) in [5.41, 5.74) is 2.00. The zero-order chi connectivity index (χ0) is 13.1. The Balaban J connectivity index is 2.12. The highest BCUT2D eigenvalue weighted by Gasteiger charge is 2.12. The molecule has 96 valence electrons. The van der Waals surface area contributed by atoms with Crippen LogP contribution in [0.15, 0.2) is 36.7 Å². The molecule has 0 unspecified atom stereocenters. The summed E-state index contributed by atoms with van der Waals surface area (Å²) in [5.74, 6) is 0.864. The van der Waals surface area contributed by atoms with Gasteiger partial charge in [0.2, 0.25) is 0 Å². The van der Waals surface area contributed by atoms with E-state index in [0.717, 1.165) is 35.4 Å². The van der Waals surface area contributed by atoms with E-state index in [1.165, 1.54) is 17.1 Å². The lowest BCUT2D eigenvalue weighted by atomic mass is 10.0. The number of rotatable bonds is 4. The van der Waals surface area contributed by atoms with Crippen molar-refractivity contribution in [1.82, 2.24) is 13.7 Å². The topological polar surface area (TPSA) is 50.7 Å². The Labute approximate surface area is 115 Å². The van der Waals surface area contributed by atoms with Crippen molar-refractivity contribution in [3.05, 3.63) is 36.7 Å². The molecule has 0 radical (unpaired) electrons. The van der Waals surface area contributed by atoms with Crippen molar-refractivity contribution < 1.29 is 0 Å². The van der Waals surface area contributed by atoms with Crippen molar-refractivity contribution >= 4 is 28.3 Å². The molecule has 3 rings (SSSR count). The molecule has 19 heavy (non-hydrogen) atoms. The number of aromatic nitrogens is 3. The SMILES string of the molecule is CCCNc1nsnc1-c1cccc2ccncc12. The molecule has 1 N–H and O–H groups in total. The minimum Gasteiger partial charge on any atom is -0.367 e. The van der Waals surface area contributed by atoms with Gasteiger partial charge in [0.15, 0.2) is 5.82 Å². The van der Waals surface area contributed by atoms with E-state index >= 15 is 0 Å². The molecule has 0 aliphatic carbocycles. The minimum absolute atomic E-state index is 0.864. The molecule has 5 heteroatoms. The van der Waals surface area contributed by atoms with Gasteiger partial charge in [-0.1, -0.05) is 25.1 Å². The standard InChI is InChI=1S/C14H14N4S/c1-2-7-16-14-13(17-19-18-14)11-5-3-4-10-6-8-15-9-12(10)11/h3-6,8-9H,2,7H2,1H3,(H,16,18). The van der Waals surface area contributed by atoms with Crippen LogP contribution in [0.4, 0.5) is 5.82 Å². The third-order valence-electron chi connectivity index (χ3n) is 2.97. The number of fused-ring (bicyclic) bond motifs is 1. The molecule has 0 saturated carbocycles. The Morgan fingerprint density at radius 2 is 2.16 bits per heavy atom. The van der Waals surface area contributed by atoms with Gasteiger partial charge in [-0.15, -0.1) is 0 Å². The number of pyridine rings is 1. The van der Waals surface area contributed by atoms with Crippen LogP contribution < -0.4 is 5.32 Å². The van der Waals surface area contributed by atoms with Gasteiger partial charge in [-0.2, -0.15) is 8.75 Å². The molecule has 3 aromatic rings. The van der Waals surface area contributed by atoms with Crippen molar-refractivity contribution in [2.24, 2.45) is 0 Å². The second kappa shape index (κ2) is 5.32. The van der Waals surface area contributed by atoms with E-state index in [1.54, 1.807) is 0 Å². The van der Waals surface area contributed by atoms with E-state index in [4.69, 9.17) is 0 Å². The Bertz CT molecular complexity index is 687. The molecular weight excluding hydrogens is 256 g/mol. The van der Waals surface area contributed by atoms with Crippen LogP contribution in [0.3, 0.4) is 0 Å². The monoisotopic (exact) mass is 270 g/mol. The quantitative estimate of drug-likeness (QED) is 0.787. The van der Waals surface area contributed by atoms with Crippen LogP contribution in [0.25, 0.3) is 22.0 Å². The van der Waals surface area contributed by atoms with Gasteiger partial charge in [-0.25, -0.2) is 0 Å². The third kappa shape index (κ3) is 2.29. The van der Waals surface area contributed by atoms with Gasteiger partial charge >= 0.3 is 0 Å². The van der Waals surface area contributed by atoms with Crippen LogP contribution in [-0.4, -0.2) is 20.3 Å². The highest BCUT2D eigenvalue weighted by Crippen LogP contribution is 2.31. The molecule has 4 nitrogen and oxygen atoms in total. The van der Waals surface area contributed by atoms with Crippen LogP contribution in [0.2, 0.25) is 0 Å². The number of hydrogen-bond acceptors (Lipinski definition) is 5. The molecule has 0 aliphatic rings. The van der Waals surface area contributed by atoms with Gasteiger partial charge in [-0.05, 0) is 17.9 Å². The summed E-state index contributed by atoms with van der Waals surface area (Å²) in [5, 5.41) is 5.60. The van der Waals surface area contributed by atoms with E-state index in [-0.39, 0.29) is 0 Å². The van der Waals surface area contributed by atoms with Crippen molar-refractivity contribution in [3.8, 4) is 11.3 Å². The molecule has 2 heterocycles. The van der Waals surface area contributed by atoms with Crippen LogP contribution in [0.1, 0.15) is 13.3 Å². The minimum atomic E-state index is 0.864. The van der Waals surface area contributed by atoms with Crippen molar-refractivity contribution in [2.75, 3.05) is 11.9 Å². The van der Waals surface area contributed by atoms with E-state index in [9.17, 15) is 0 Å². The fraction of sp³-hybridized carbons (Fsp3) is 0.214. The molecule has 0 saturated heterocycles. The maximum Gasteiger partial charge on any atom is 0.168 e. The molecule has 2 aromatic heterocycles. The molecule has 0 bridgehead atoms. The first kappa shape index (κ1) is 12.0. The number of benzene rings is 1. The molecular formula is C14H14N4S. The van der Waals surface area contributed by atoms with E-state index in [1.807, 2.05) is 24.5 Å². The lowest BCUT2D eigenvalue weighted by Crippen LogP contribution is -2.01. The Morgan fingerprint density at radius 1 is 1.21 bits per heavy atom. The van der Waals surface area contributed by atoms with E-state index < -0.39 is 0 Å². The second-order valence-corrected chi connectivity index (χ2v) is 4.82. The van der Waals surface area contributed by atoms with Gasteiger partial charge in [-0.3, -0.25) is 4.98 Å². The zero-order valence-electron chi connectivity index (χ0n) is 10.6. The highest BCUT2D eigenvalue weighted by molar-refractivity contribution is 6.99. The Hall–Kier alpha value is -2.01. The predicted molar refractivity (Wildman–Crippen MR) is 79.4 cm³/mol. The predicted octanol–water partition coefficient (Wildman–Crippen LogP) is 3.58. The first-order valence-corrected chi connectivity index (χ1v) is 7.02. The van der Waals surface area contributed by atoms with Gasteiger partial charge in [0.25, 0.3) is 0 Å². The average molecular weight is 270 g/mol. The molecule has 0 atom stereocenters. The van der Waals surface area contributed by atoms with Gasteiger partial charge in [0.05, 0.1) is 11.7 Å². The number of anilines is 1. The summed E-state index contributed by atoms with van der Waals surface area (Å²) in [6, 6.07) is 8.20. The average Bonchev–Trinajstić information content (AvgIpc) is 2.92. The fourth-order valence-corrected chi connectivity index (χ4v) is 2.58. The third-order valence-corrected chi connectivity index (χ3v) is 3.50. The van der Waals surface area contributed by atoms with Crippen LogP contribution in [0.5, 0.6) is 0 Å². The maximum absolute atomic E-state index is 4.43. The van der Waals surface area contributed by atoms with Crippen LogP contribution in [0, 0.1) is 0 Å². The van der Waals surface area contributed by atoms with Gasteiger partial charge in [0, 0.05) is 29.9 Å². The largest absolute Gasteiger partial charge is 0.367 e.